The van der Waals surface area contributed by atoms with Crippen molar-refractivity contribution in [3.8, 4) is 0 Å². The van der Waals surface area contributed by atoms with E-state index in [1.807, 2.05) is 54.4 Å². The number of benzene rings is 1. The van der Waals surface area contributed by atoms with Crippen molar-refractivity contribution in [1.29, 1.82) is 0 Å². The Kier molecular flexibility index (Phi) is 3.16. The number of aromatic nitrogens is 1. The molecule has 2 heterocycles. The number of hydrogen-bond acceptors (Lipinski definition) is 5. The van der Waals surface area contributed by atoms with Crippen molar-refractivity contribution in [2.45, 2.75) is 6.17 Å². The van der Waals surface area contributed by atoms with Crippen LogP contribution < -0.4 is 5.73 Å². The van der Waals surface area contributed by atoms with Crippen molar-refractivity contribution in [1.82, 2.24) is 9.88 Å². The molecule has 0 amide bonds. The van der Waals surface area contributed by atoms with E-state index >= 15 is 0 Å². The summed E-state index contributed by atoms with van der Waals surface area (Å²) in [5.74, 6) is 1.09. The highest BCUT2D eigenvalue weighted by Crippen LogP contribution is 2.25. The molecule has 0 fully saturated rings. The van der Waals surface area contributed by atoms with Gasteiger partial charge in [0.2, 0.25) is 5.96 Å². The van der Waals surface area contributed by atoms with Crippen LogP contribution in [-0.4, -0.2) is 28.7 Å². The molecule has 1 aliphatic heterocycles. The number of rotatable bonds is 2. The van der Waals surface area contributed by atoms with Crippen molar-refractivity contribution in [2.75, 3.05) is 7.05 Å². The fraction of sp³-hybridized carbons (Fsp3) is 0.133. The molecule has 3 rings (SSSR count). The molecule has 1 aromatic heterocycles. The lowest BCUT2D eigenvalue weighted by molar-refractivity contribution is 0.382. The lowest BCUT2D eigenvalue weighted by atomic mass is 10.1. The van der Waals surface area contributed by atoms with Gasteiger partial charge in [0.1, 0.15) is 5.84 Å². The summed E-state index contributed by atoms with van der Waals surface area (Å²) in [5, 5.41) is 0. The van der Waals surface area contributed by atoms with Crippen LogP contribution in [0.1, 0.15) is 17.3 Å². The minimum atomic E-state index is -0.156. The molecule has 0 bridgehead atoms. The van der Waals surface area contributed by atoms with Gasteiger partial charge in [-0.05, 0) is 17.7 Å². The second-order valence-corrected chi connectivity index (χ2v) is 4.55. The van der Waals surface area contributed by atoms with E-state index in [0.29, 0.717) is 5.96 Å². The first-order valence-corrected chi connectivity index (χ1v) is 6.36. The maximum absolute atomic E-state index is 5.87. The predicted molar refractivity (Wildman–Crippen MR) is 79.3 cm³/mol. The van der Waals surface area contributed by atoms with Crippen molar-refractivity contribution < 1.29 is 0 Å². The Morgan fingerprint density at radius 3 is 2.45 bits per heavy atom. The van der Waals surface area contributed by atoms with Crippen LogP contribution in [0.4, 0.5) is 0 Å². The number of hydrogen-bond donors (Lipinski definition) is 1. The second kappa shape index (κ2) is 5.13. The van der Waals surface area contributed by atoms with Crippen molar-refractivity contribution >= 4 is 11.8 Å². The van der Waals surface area contributed by atoms with Crippen LogP contribution in [0.2, 0.25) is 0 Å². The third kappa shape index (κ3) is 2.25. The van der Waals surface area contributed by atoms with E-state index in [0.717, 1.165) is 17.0 Å². The molecule has 2 aromatic rings. The Bertz CT molecular complexity index is 648. The van der Waals surface area contributed by atoms with Gasteiger partial charge >= 0.3 is 0 Å². The average molecular weight is 265 g/mol. The summed E-state index contributed by atoms with van der Waals surface area (Å²) >= 11 is 0. The minimum absolute atomic E-state index is 0.156. The van der Waals surface area contributed by atoms with Crippen molar-refractivity contribution in [3.05, 3.63) is 66.0 Å². The minimum Gasteiger partial charge on any atom is -0.368 e. The molecule has 1 aliphatic rings. The molecule has 1 atom stereocenters. The maximum Gasteiger partial charge on any atom is 0.219 e. The van der Waals surface area contributed by atoms with Crippen LogP contribution >= 0.6 is 0 Å². The molecule has 20 heavy (non-hydrogen) atoms. The molecule has 0 saturated carbocycles. The number of guanidine groups is 1. The van der Waals surface area contributed by atoms with E-state index in [4.69, 9.17) is 5.73 Å². The molecule has 2 N–H and O–H groups in total. The van der Waals surface area contributed by atoms with Crippen LogP contribution in [0, 0.1) is 0 Å². The number of nitrogens with two attached hydrogens (primary N) is 1. The summed E-state index contributed by atoms with van der Waals surface area (Å²) in [6.07, 6.45) is 3.33. The van der Waals surface area contributed by atoms with E-state index in [1.54, 1.807) is 12.4 Å². The van der Waals surface area contributed by atoms with Crippen LogP contribution in [0.5, 0.6) is 0 Å². The molecular weight excluding hydrogens is 250 g/mol. The Balaban J connectivity index is 2.01. The molecule has 0 spiro atoms. The SMILES string of the molecule is CN1C(c2ccncc2)=NC(N)=NC1c1ccccc1. The molecule has 0 aliphatic carbocycles. The fourth-order valence-electron chi connectivity index (χ4n) is 2.24. The third-order valence-corrected chi connectivity index (χ3v) is 3.21. The lowest BCUT2D eigenvalue weighted by Gasteiger charge is -2.31. The van der Waals surface area contributed by atoms with Crippen LogP contribution in [-0.2, 0) is 0 Å². The van der Waals surface area contributed by atoms with E-state index < -0.39 is 0 Å². The number of pyridine rings is 1. The summed E-state index contributed by atoms with van der Waals surface area (Å²) in [6.45, 7) is 0. The molecule has 100 valence electrons. The van der Waals surface area contributed by atoms with Gasteiger partial charge in [-0.3, -0.25) is 4.98 Å². The number of nitrogens with zero attached hydrogens (tertiary/aromatic N) is 4. The molecule has 5 heteroatoms. The predicted octanol–water partition coefficient (Wildman–Crippen LogP) is 1.79. The zero-order chi connectivity index (χ0) is 13.9. The standard InChI is InChI=1S/C15H15N5/c1-20-13(11-5-3-2-4-6-11)18-15(16)19-14(20)12-7-9-17-10-8-12/h2-10,13H,1H3,(H2,16,18). The summed E-state index contributed by atoms with van der Waals surface area (Å²) in [4.78, 5) is 14.8. The Morgan fingerprint density at radius 1 is 1.05 bits per heavy atom. The summed E-state index contributed by atoms with van der Waals surface area (Å²) < 4.78 is 0. The summed E-state index contributed by atoms with van der Waals surface area (Å²) in [7, 11) is 1.97. The fourth-order valence-corrected chi connectivity index (χ4v) is 2.24. The van der Waals surface area contributed by atoms with Gasteiger partial charge in [-0.15, -0.1) is 0 Å². The Hall–Kier alpha value is -2.69. The normalized spacial score (nSPS) is 18.4. The molecule has 5 nitrogen and oxygen atoms in total. The van der Waals surface area contributed by atoms with Crippen molar-refractivity contribution in [3.63, 3.8) is 0 Å². The molecule has 0 saturated heterocycles. The van der Waals surface area contributed by atoms with E-state index in [2.05, 4.69) is 15.0 Å². The third-order valence-electron chi connectivity index (χ3n) is 3.21. The zero-order valence-corrected chi connectivity index (χ0v) is 11.1. The maximum atomic E-state index is 5.87. The highest BCUT2D eigenvalue weighted by atomic mass is 15.3. The Labute approximate surface area is 117 Å². The van der Waals surface area contributed by atoms with Gasteiger partial charge in [-0.25, -0.2) is 4.99 Å². The van der Waals surface area contributed by atoms with Gasteiger partial charge in [-0.1, -0.05) is 30.3 Å². The number of amidine groups is 1. The van der Waals surface area contributed by atoms with Gasteiger partial charge in [-0.2, -0.15) is 4.99 Å². The van der Waals surface area contributed by atoms with Gasteiger partial charge in [0.25, 0.3) is 0 Å². The highest BCUT2D eigenvalue weighted by molar-refractivity contribution is 6.06. The van der Waals surface area contributed by atoms with Crippen molar-refractivity contribution in [2.24, 2.45) is 15.7 Å². The largest absolute Gasteiger partial charge is 0.368 e. The average Bonchev–Trinajstić information content (AvgIpc) is 2.51. The van der Waals surface area contributed by atoms with E-state index in [-0.39, 0.29) is 6.17 Å². The zero-order valence-electron chi connectivity index (χ0n) is 11.1. The van der Waals surface area contributed by atoms with E-state index in [9.17, 15) is 0 Å². The first kappa shape index (κ1) is 12.3. The first-order chi connectivity index (χ1) is 9.75. The lowest BCUT2D eigenvalue weighted by Crippen LogP contribution is -2.37. The smallest absolute Gasteiger partial charge is 0.219 e. The second-order valence-electron chi connectivity index (χ2n) is 4.55. The van der Waals surface area contributed by atoms with Gasteiger partial charge in [0, 0.05) is 25.0 Å². The number of aliphatic imine (C=N–C) groups is 2. The van der Waals surface area contributed by atoms with Gasteiger partial charge in [0.05, 0.1) is 0 Å². The van der Waals surface area contributed by atoms with Gasteiger partial charge < -0.3 is 10.6 Å². The van der Waals surface area contributed by atoms with Gasteiger partial charge in [0.15, 0.2) is 6.17 Å². The first-order valence-electron chi connectivity index (χ1n) is 6.36. The Morgan fingerprint density at radius 2 is 1.75 bits per heavy atom. The quantitative estimate of drug-likeness (QED) is 0.900. The van der Waals surface area contributed by atoms with Crippen LogP contribution in [0.3, 0.4) is 0 Å². The molecule has 1 aromatic carbocycles. The topological polar surface area (TPSA) is 66.9 Å². The summed E-state index contributed by atoms with van der Waals surface area (Å²) in [6, 6.07) is 13.9. The molecular formula is C15H15N5. The highest BCUT2D eigenvalue weighted by Gasteiger charge is 2.24. The molecule has 0 radical (unpaired) electrons. The van der Waals surface area contributed by atoms with Crippen LogP contribution in [0.25, 0.3) is 0 Å². The van der Waals surface area contributed by atoms with Crippen LogP contribution in [0.15, 0.2) is 64.8 Å². The molecule has 1 unspecified atom stereocenters. The monoisotopic (exact) mass is 265 g/mol. The van der Waals surface area contributed by atoms with E-state index in [1.165, 1.54) is 0 Å². The summed E-state index contributed by atoms with van der Waals surface area (Å²) in [5.41, 5.74) is 7.93.